The molecule has 0 aromatic heterocycles. The Morgan fingerprint density at radius 1 is 1.40 bits per heavy atom. The molecule has 2 rings (SSSR count). The van der Waals surface area contributed by atoms with Crippen LogP contribution in [0.3, 0.4) is 0 Å². The summed E-state index contributed by atoms with van der Waals surface area (Å²) in [6.45, 7) is 3.68. The van der Waals surface area contributed by atoms with E-state index in [1.807, 2.05) is 36.1 Å². The Bertz CT molecular complexity index is 502. The number of piperidine rings is 1. The summed E-state index contributed by atoms with van der Waals surface area (Å²) in [6, 6.07) is 7.68. The van der Waals surface area contributed by atoms with E-state index >= 15 is 0 Å². The first-order valence-electron chi connectivity index (χ1n) is 6.93. The number of amides is 2. The van der Waals surface area contributed by atoms with Crippen LogP contribution in [0.15, 0.2) is 24.3 Å². The lowest BCUT2D eigenvalue weighted by molar-refractivity contribution is -0.125. The molecule has 0 saturated carbocycles. The van der Waals surface area contributed by atoms with Crippen LogP contribution in [0.5, 0.6) is 0 Å². The molecule has 108 valence electrons. The molecular formula is C15H21N3O2. The number of carbonyl (C=O) groups is 2. The van der Waals surface area contributed by atoms with Gasteiger partial charge in [0.2, 0.25) is 11.8 Å². The molecule has 20 heavy (non-hydrogen) atoms. The van der Waals surface area contributed by atoms with Gasteiger partial charge in [-0.15, -0.1) is 0 Å². The summed E-state index contributed by atoms with van der Waals surface area (Å²) in [5.41, 5.74) is 7.21. The van der Waals surface area contributed by atoms with Crippen molar-refractivity contribution in [2.45, 2.75) is 19.8 Å². The molecule has 1 saturated heterocycles. The monoisotopic (exact) mass is 275 g/mol. The maximum absolute atomic E-state index is 12.0. The highest BCUT2D eigenvalue weighted by Gasteiger charge is 2.25. The highest BCUT2D eigenvalue weighted by molar-refractivity contribution is 5.93. The van der Waals surface area contributed by atoms with E-state index in [0.717, 1.165) is 30.6 Å². The molecule has 0 bridgehead atoms. The highest BCUT2D eigenvalue weighted by atomic mass is 16.2. The minimum absolute atomic E-state index is 0.0515. The average Bonchev–Trinajstić information content (AvgIpc) is 2.41. The van der Waals surface area contributed by atoms with E-state index in [0.29, 0.717) is 13.1 Å². The Morgan fingerprint density at radius 2 is 2.15 bits per heavy atom. The average molecular weight is 275 g/mol. The van der Waals surface area contributed by atoms with Crippen LogP contribution in [0.25, 0.3) is 0 Å². The molecule has 1 heterocycles. The van der Waals surface area contributed by atoms with Gasteiger partial charge in [0, 0.05) is 12.2 Å². The van der Waals surface area contributed by atoms with Gasteiger partial charge in [0.25, 0.3) is 0 Å². The topological polar surface area (TPSA) is 75.4 Å². The highest BCUT2D eigenvalue weighted by Crippen LogP contribution is 2.17. The molecule has 3 N–H and O–H groups in total. The molecule has 2 amide bonds. The summed E-state index contributed by atoms with van der Waals surface area (Å²) in [6.07, 6.45) is 1.73. The Morgan fingerprint density at radius 3 is 2.85 bits per heavy atom. The van der Waals surface area contributed by atoms with Gasteiger partial charge in [-0.1, -0.05) is 18.2 Å². The van der Waals surface area contributed by atoms with Crippen LogP contribution in [-0.4, -0.2) is 36.3 Å². The molecular weight excluding hydrogens is 254 g/mol. The van der Waals surface area contributed by atoms with Crippen molar-refractivity contribution in [2.75, 3.05) is 25.0 Å². The summed E-state index contributed by atoms with van der Waals surface area (Å²) in [5.74, 6) is -0.451. The van der Waals surface area contributed by atoms with E-state index in [2.05, 4.69) is 5.32 Å². The number of nitrogens with zero attached hydrogens (tertiary/aromatic N) is 1. The standard InChI is InChI=1S/C15H21N3O2/c1-11-5-2-3-7-13(11)17-14(19)10-18-8-4-6-12(9-18)15(16)20/h2-3,5,7,12H,4,6,8-10H2,1H3,(H2,16,20)(H,17,19)/t12-/m1/s1. The summed E-state index contributed by atoms with van der Waals surface area (Å²) >= 11 is 0. The van der Waals surface area contributed by atoms with E-state index in [-0.39, 0.29) is 17.7 Å². The van der Waals surface area contributed by atoms with E-state index < -0.39 is 0 Å². The third-order valence-electron chi connectivity index (χ3n) is 3.69. The van der Waals surface area contributed by atoms with Crippen molar-refractivity contribution in [3.8, 4) is 0 Å². The van der Waals surface area contributed by atoms with Crippen molar-refractivity contribution in [1.29, 1.82) is 0 Å². The molecule has 0 radical (unpaired) electrons. The fraction of sp³-hybridized carbons (Fsp3) is 0.467. The summed E-state index contributed by atoms with van der Waals surface area (Å²) in [7, 11) is 0. The number of carbonyl (C=O) groups excluding carboxylic acids is 2. The van der Waals surface area contributed by atoms with E-state index in [1.165, 1.54) is 0 Å². The van der Waals surface area contributed by atoms with E-state index in [4.69, 9.17) is 5.73 Å². The third kappa shape index (κ3) is 3.81. The van der Waals surface area contributed by atoms with Crippen molar-refractivity contribution in [2.24, 2.45) is 11.7 Å². The van der Waals surface area contributed by atoms with Crippen LogP contribution in [0.4, 0.5) is 5.69 Å². The van der Waals surface area contributed by atoms with Crippen LogP contribution < -0.4 is 11.1 Å². The molecule has 5 nitrogen and oxygen atoms in total. The molecule has 0 unspecified atom stereocenters. The Kier molecular flexibility index (Phi) is 4.74. The molecule has 1 aliphatic heterocycles. The van der Waals surface area contributed by atoms with Crippen LogP contribution in [0, 0.1) is 12.8 Å². The van der Waals surface area contributed by atoms with Gasteiger partial charge in [0.15, 0.2) is 0 Å². The number of anilines is 1. The van der Waals surface area contributed by atoms with Gasteiger partial charge in [-0.3, -0.25) is 14.5 Å². The maximum Gasteiger partial charge on any atom is 0.238 e. The number of nitrogens with two attached hydrogens (primary N) is 1. The van der Waals surface area contributed by atoms with Gasteiger partial charge < -0.3 is 11.1 Å². The van der Waals surface area contributed by atoms with Crippen molar-refractivity contribution in [3.05, 3.63) is 29.8 Å². The number of hydrogen-bond acceptors (Lipinski definition) is 3. The lowest BCUT2D eigenvalue weighted by Gasteiger charge is -2.30. The van der Waals surface area contributed by atoms with E-state index in [1.54, 1.807) is 0 Å². The number of aryl methyl sites for hydroxylation is 1. The SMILES string of the molecule is Cc1ccccc1NC(=O)CN1CCC[C@@H](C(N)=O)C1. The summed E-state index contributed by atoms with van der Waals surface area (Å²) in [4.78, 5) is 25.2. The van der Waals surface area contributed by atoms with Crippen LogP contribution in [-0.2, 0) is 9.59 Å². The smallest absolute Gasteiger partial charge is 0.238 e. The minimum Gasteiger partial charge on any atom is -0.369 e. The summed E-state index contributed by atoms with van der Waals surface area (Å²) < 4.78 is 0. The molecule has 1 fully saturated rings. The number of likely N-dealkylation sites (tertiary alicyclic amines) is 1. The zero-order valence-corrected chi connectivity index (χ0v) is 11.8. The number of nitrogens with one attached hydrogen (secondary N) is 1. The molecule has 1 atom stereocenters. The predicted molar refractivity (Wildman–Crippen MR) is 78.2 cm³/mol. The number of hydrogen-bond donors (Lipinski definition) is 2. The van der Waals surface area contributed by atoms with Crippen LogP contribution in [0.1, 0.15) is 18.4 Å². The molecule has 0 spiro atoms. The Hall–Kier alpha value is -1.88. The van der Waals surface area contributed by atoms with Gasteiger partial charge in [-0.2, -0.15) is 0 Å². The van der Waals surface area contributed by atoms with Crippen molar-refractivity contribution < 1.29 is 9.59 Å². The van der Waals surface area contributed by atoms with Gasteiger partial charge in [-0.05, 0) is 37.9 Å². The van der Waals surface area contributed by atoms with Gasteiger partial charge in [0.1, 0.15) is 0 Å². The first-order valence-corrected chi connectivity index (χ1v) is 6.93. The Balaban J connectivity index is 1.88. The zero-order chi connectivity index (χ0) is 14.5. The lowest BCUT2D eigenvalue weighted by atomic mass is 9.97. The number of rotatable bonds is 4. The number of primary amides is 1. The van der Waals surface area contributed by atoms with Gasteiger partial charge >= 0.3 is 0 Å². The molecule has 0 aliphatic carbocycles. The minimum atomic E-state index is -0.269. The molecule has 5 heteroatoms. The second-order valence-electron chi connectivity index (χ2n) is 5.34. The quantitative estimate of drug-likeness (QED) is 0.865. The number of para-hydroxylation sites is 1. The predicted octanol–water partition coefficient (Wildman–Crippen LogP) is 1.13. The van der Waals surface area contributed by atoms with Crippen LogP contribution in [0.2, 0.25) is 0 Å². The molecule has 1 aliphatic rings. The number of benzene rings is 1. The lowest BCUT2D eigenvalue weighted by Crippen LogP contribution is -2.44. The fourth-order valence-corrected chi connectivity index (χ4v) is 2.54. The fourth-order valence-electron chi connectivity index (χ4n) is 2.54. The molecule has 1 aromatic rings. The second-order valence-corrected chi connectivity index (χ2v) is 5.34. The van der Waals surface area contributed by atoms with Crippen molar-refractivity contribution >= 4 is 17.5 Å². The first kappa shape index (κ1) is 14.5. The molecule has 1 aromatic carbocycles. The largest absolute Gasteiger partial charge is 0.369 e. The van der Waals surface area contributed by atoms with E-state index in [9.17, 15) is 9.59 Å². The maximum atomic E-state index is 12.0. The van der Waals surface area contributed by atoms with Gasteiger partial charge in [0.05, 0.1) is 12.5 Å². The van der Waals surface area contributed by atoms with Crippen LogP contribution >= 0.6 is 0 Å². The zero-order valence-electron chi connectivity index (χ0n) is 11.8. The Labute approximate surface area is 119 Å². The normalized spacial score (nSPS) is 19.6. The third-order valence-corrected chi connectivity index (χ3v) is 3.69. The van der Waals surface area contributed by atoms with Crippen molar-refractivity contribution in [1.82, 2.24) is 4.90 Å². The van der Waals surface area contributed by atoms with Gasteiger partial charge in [-0.25, -0.2) is 0 Å². The first-order chi connectivity index (χ1) is 9.56. The summed E-state index contributed by atoms with van der Waals surface area (Å²) in [5, 5.41) is 2.90. The second kappa shape index (κ2) is 6.52. The van der Waals surface area contributed by atoms with Crippen molar-refractivity contribution in [3.63, 3.8) is 0 Å².